The number of nitrogens with one attached hydrogen (secondary N) is 1. The summed E-state index contributed by atoms with van der Waals surface area (Å²) in [6.45, 7) is 1.03. The van der Waals surface area contributed by atoms with E-state index >= 15 is 0 Å². The van der Waals surface area contributed by atoms with E-state index in [4.69, 9.17) is 9.72 Å². The molecule has 1 aromatic heterocycles. The average Bonchev–Trinajstić information content (AvgIpc) is 3.23. The predicted molar refractivity (Wildman–Crippen MR) is 118 cm³/mol. The highest BCUT2D eigenvalue weighted by Gasteiger charge is 2.30. The Kier molecular flexibility index (Phi) is 6.28. The Morgan fingerprint density at radius 3 is 2.80 bits per heavy atom. The minimum Gasteiger partial charge on any atom is -0.496 e. The maximum Gasteiger partial charge on any atom is 0.255 e. The molecule has 6 nitrogen and oxygen atoms in total. The van der Waals surface area contributed by atoms with Crippen LogP contribution in [0.1, 0.15) is 47.1 Å². The Morgan fingerprint density at radius 2 is 1.97 bits per heavy atom. The topological polar surface area (TPSA) is 71.5 Å². The van der Waals surface area contributed by atoms with Crippen molar-refractivity contribution in [2.24, 2.45) is 0 Å². The quantitative estimate of drug-likeness (QED) is 0.646. The summed E-state index contributed by atoms with van der Waals surface area (Å²) in [6, 6.07) is 15.2. The Hall–Kier alpha value is -2.93. The Morgan fingerprint density at radius 1 is 1.17 bits per heavy atom. The number of hydrogen-bond acceptors (Lipinski definition) is 5. The molecule has 0 spiro atoms. The van der Waals surface area contributed by atoms with Crippen LogP contribution < -0.4 is 10.1 Å². The van der Waals surface area contributed by atoms with E-state index in [1.165, 1.54) is 7.11 Å². The van der Waals surface area contributed by atoms with Crippen LogP contribution in [0.4, 0.5) is 0 Å². The van der Waals surface area contributed by atoms with Crippen molar-refractivity contribution in [1.29, 1.82) is 0 Å². The van der Waals surface area contributed by atoms with Crippen LogP contribution in [0.25, 0.3) is 10.2 Å². The molecule has 0 radical (unpaired) electrons. The number of hydrogen-bond donors (Lipinski definition) is 1. The summed E-state index contributed by atoms with van der Waals surface area (Å²) < 4.78 is 6.38. The molecule has 156 valence electrons. The largest absolute Gasteiger partial charge is 0.496 e. The van der Waals surface area contributed by atoms with Gasteiger partial charge in [0.25, 0.3) is 5.91 Å². The van der Waals surface area contributed by atoms with Gasteiger partial charge in [-0.3, -0.25) is 9.59 Å². The molecule has 1 aliphatic rings. The van der Waals surface area contributed by atoms with Crippen LogP contribution in [-0.2, 0) is 4.79 Å². The highest BCUT2D eigenvalue weighted by atomic mass is 32.1. The lowest BCUT2D eigenvalue weighted by Crippen LogP contribution is -2.40. The second-order valence-electron chi connectivity index (χ2n) is 7.32. The Labute approximate surface area is 179 Å². The number of rotatable bonds is 6. The van der Waals surface area contributed by atoms with Crippen LogP contribution in [-0.4, -0.2) is 41.9 Å². The fourth-order valence-electron chi connectivity index (χ4n) is 3.87. The van der Waals surface area contributed by atoms with Crippen LogP contribution in [0.3, 0.4) is 0 Å². The summed E-state index contributed by atoms with van der Waals surface area (Å²) in [7, 11) is 1.54. The van der Waals surface area contributed by atoms with Crippen molar-refractivity contribution >= 4 is 33.4 Å². The molecule has 3 aromatic rings. The third-order valence-electron chi connectivity index (χ3n) is 5.39. The van der Waals surface area contributed by atoms with Gasteiger partial charge in [-0.15, -0.1) is 11.3 Å². The second kappa shape index (κ2) is 9.26. The monoisotopic (exact) mass is 423 g/mol. The molecule has 0 bridgehead atoms. The number of likely N-dealkylation sites (tertiary alicyclic amines) is 1. The van der Waals surface area contributed by atoms with E-state index in [1.54, 1.807) is 29.5 Å². The molecule has 7 heteroatoms. The van der Waals surface area contributed by atoms with Crippen molar-refractivity contribution in [3.05, 3.63) is 59.1 Å². The minimum absolute atomic E-state index is 0.0218. The van der Waals surface area contributed by atoms with Crippen molar-refractivity contribution in [3.63, 3.8) is 0 Å². The van der Waals surface area contributed by atoms with Crippen molar-refractivity contribution in [2.75, 3.05) is 20.2 Å². The van der Waals surface area contributed by atoms with E-state index < -0.39 is 0 Å². The number of amides is 2. The fraction of sp³-hybridized carbons (Fsp3) is 0.348. The third-order valence-corrected chi connectivity index (χ3v) is 6.53. The summed E-state index contributed by atoms with van der Waals surface area (Å²) in [5, 5.41) is 3.84. The number of carbonyl (C=O) groups is 2. The van der Waals surface area contributed by atoms with Crippen LogP contribution in [0.2, 0.25) is 0 Å². The molecule has 1 atom stereocenters. The molecule has 0 unspecified atom stereocenters. The summed E-state index contributed by atoms with van der Waals surface area (Å²) in [6.07, 6.45) is 3.29. The molecule has 1 aliphatic heterocycles. The first-order chi connectivity index (χ1) is 14.7. The third kappa shape index (κ3) is 4.31. The number of piperidine rings is 1. The molecular weight excluding hydrogens is 398 g/mol. The first-order valence-corrected chi connectivity index (χ1v) is 11.0. The van der Waals surface area contributed by atoms with Crippen molar-refractivity contribution in [1.82, 2.24) is 15.2 Å². The van der Waals surface area contributed by atoms with E-state index in [0.717, 1.165) is 41.0 Å². The fourth-order valence-corrected chi connectivity index (χ4v) is 4.99. The number of benzene rings is 2. The molecule has 0 aliphatic carbocycles. The molecule has 2 amide bonds. The number of nitrogens with zero attached hydrogens (tertiary/aromatic N) is 2. The van der Waals surface area contributed by atoms with Gasteiger partial charge in [0.05, 0.1) is 28.9 Å². The lowest BCUT2D eigenvalue weighted by atomic mass is 10.0. The number of ether oxygens (including phenoxy) is 1. The van der Waals surface area contributed by atoms with Gasteiger partial charge in [-0.1, -0.05) is 24.3 Å². The van der Waals surface area contributed by atoms with E-state index in [9.17, 15) is 9.59 Å². The van der Waals surface area contributed by atoms with Crippen LogP contribution >= 0.6 is 11.3 Å². The molecule has 30 heavy (non-hydrogen) atoms. The zero-order valence-corrected chi connectivity index (χ0v) is 17.8. The molecular formula is C23H25N3O3S. The van der Waals surface area contributed by atoms with Gasteiger partial charge in [-0.2, -0.15) is 0 Å². The van der Waals surface area contributed by atoms with Gasteiger partial charge in [0, 0.05) is 19.5 Å². The summed E-state index contributed by atoms with van der Waals surface area (Å²) >= 11 is 1.67. The molecule has 2 heterocycles. The first-order valence-electron chi connectivity index (χ1n) is 10.2. The smallest absolute Gasteiger partial charge is 0.255 e. The standard InChI is InChI=1S/C23H25N3O3S/c1-29-19-11-4-2-8-16(19)22(28)24-14-13-21(27)26-15-7-6-10-18(26)23-25-17-9-3-5-12-20(17)30-23/h2-5,8-9,11-12,18H,6-7,10,13-15H2,1H3,(H,24,28)/t18-/m1/s1. The van der Waals surface area contributed by atoms with E-state index in [2.05, 4.69) is 11.4 Å². The Bertz CT molecular complexity index is 1020. The van der Waals surface area contributed by atoms with Gasteiger partial charge in [0.15, 0.2) is 0 Å². The lowest BCUT2D eigenvalue weighted by Gasteiger charge is -2.34. The molecule has 1 saturated heterocycles. The number of thiazole rings is 1. The highest BCUT2D eigenvalue weighted by molar-refractivity contribution is 7.18. The minimum atomic E-state index is -0.235. The zero-order chi connectivity index (χ0) is 20.9. The lowest BCUT2D eigenvalue weighted by molar-refractivity contribution is -0.134. The maximum atomic E-state index is 13.0. The molecule has 4 rings (SSSR count). The van der Waals surface area contributed by atoms with Gasteiger partial charge in [0.1, 0.15) is 10.8 Å². The average molecular weight is 424 g/mol. The second-order valence-corrected chi connectivity index (χ2v) is 8.39. The molecule has 2 aromatic carbocycles. The van der Waals surface area contributed by atoms with E-state index in [0.29, 0.717) is 17.9 Å². The highest BCUT2D eigenvalue weighted by Crippen LogP contribution is 2.35. The summed E-state index contributed by atoms with van der Waals surface area (Å²) in [4.78, 5) is 32.1. The number of aromatic nitrogens is 1. The maximum absolute atomic E-state index is 13.0. The van der Waals surface area contributed by atoms with Gasteiger partial charge in [-0.25, -0.2) is 4.98 Å². The molecule has 0 saturated carbocycles. The molecule has 1 fully saturated rings. The molecule has 1 N–H and O–H groups in total. The van der Waals surface area contributed by atoms with Gasteiger partial charge in [0.2, 0.25) is 5.91 Å². The van der Waals surface area contributed by atoms with Crippen LogP contribution in [0.5, 0.6) is 5.75 Å². The normalized spacial score (nSPS) is 16.4. The van der Waals surface area contributed by atoms with Crippen molar-refractivity contribution in [3.8, 4) is 5.75 Å². The van der Waals surface area contributed by atoms with E-state index in [1.807, 2.05) is 29.2 Å². The number of fused-ring (bicyclic) bond motifs is 1. The number of methoxy groups -OCH3 is 1. The number of carbonyl (C=O) groups excluding carboxylic acids is 2. The summed E-state index contributed by atoms with van der Waals surface area (Å²) in [5.41, 5.74) is 1.46. The Balaban J connectivity index is 1.39. The van der Waals surface area contributed by atoms with Gasteiger partial charge in [-0.05, 0) is 43.5 Å². The summed E-state index contributed by atoms with van der Waals surface area (Å²) in [5.74, 6) is 0.342. The predicted octanol–water partition coefficient (Wildman–Crippen LogP) is 4.18. The zero-order valence-electron chi connectivity index (χ0n) is 17.0. The van der Waals surface area contributed by atoms with Gasteiger partial charge < -0.3 is 15.0 Å². The van der Waals surface area contributed by atoms with E-state index in [-0.39, 0.29) is 24.3 Å². The SMILES string of the molecule is COc1ccccc1C(=O)NCCC(=O)N1CCCC[C@@H]1c1nc2ccccc2s1. The van der Waals surface area contributed by atoms with Crippen LogP contribution in [0.15, 0.2) is 48.5 Å². The van der Waals surface area contributed by atoms with Crippen molar-refractivity contribution < 1.29 is 14.3 Å². The van der Waals surface area contributed by atoms with Crippen LogP contribution in [0, 0.1) is 0 Å². The van der Waals surface area contributed by atoms with Crippen molar-refractivity contribution in [2.45, 2.75) is 31.7 Å². The first kappa shape index (κ1) is 20.3. The van der Waals surface area contributed by atoms with Gasteiger partial charge >= 0.3 is 0 Å². The number of para-hydroxylation sites is 2.